The van der Waals surface area contributed by atoms with Crippen LogP contribution in [0.15, 0.2) is 4.99 Å². The van der Waals surface area contributed by atoms with Crippen molar-refractivity contribution in [3.05, 3.63) is 0 Å². The Hall–Kier alpha value is -0.860. The van der Waals surface area contributed by atoms with Gasteiger partial charge >= 0.3 is 5.97 Å². The van der Waals surface area contributed by atoms with Crippen LogP contribution in [0.5, 0.6) is 0 Å². The first kappa shape index (κ1) is 7.14. The Morgan fingerprint density at radius 2 is 2.50 bits per heavy atom. The monoisotopic (exact) mass is 115 g/mol. The molecule has 0 aromatic heterocycles. The van der Waals surface area contributed by atoms with Gasteiger partial charge < -0.3 is 4.74 Å². The molecule has 0 rings (SSSR count). The van der Waals surface area contributed by atoms with Gasteiger partial charge in [0.2, 0.25) is 0 Å². The minimum absolute atomic E-state index is 0.0761. The van der Waals surface area contributed by atoms with E-state index in [-0.39, 0.29) is 12.7 Å². The molecule has 3 nitrogen and oxygen atoms in total. The van der Waals surface area contributed by atoms with Crippen molar-refractivity contribution in [3.63, 3.8) is 0 Å². The SMILES string of the molecule is C=NCOC(=O)CC. The lowest BCUT2D eigenvalue weighted by Gasteiger charge is -1.94. The number of nitrogens with zero attached hydrogens (tertiary/aromatic N) is 1. The molecule has 0 unspecified atom stereocenters. The highest BCUT2D eigenvalue weighted by atomic mass is 16.5. The van der Waals surface area contributed by atoms with Gasteiger partial charge in [-0.05, 0) is 6.72 Å². The second-order valence-electron chi connectivity index (χ2n) is 1.22. The zero-order valence-corrected chi connectivity index (χ0v) is 4.89. The largest absolute Gasteiger partial charge is 0.442 e. The molecular weight excluding hydrogens is 106 g/mol. The summed E-state index contributed by atoms with van der Waals surface area (Å²) >= 11 is 0. The number of rotatable bonds is 3. The summed E-state index contributed by atoms with van der Waals surface area (Å²) in [6.45, 7) is 4.94. The molecule has 0 spiro atoms. The fourth-order valence-electron chi connectivity index (χ4n) is 0.220. The summed E-state index contributed by atoms with van der Waals surface area (Å²) < 4.78 is 4.47. The molecule has 0 amide bonds. The Morgan fingerprint density at radius 3 is 2.88 bits per heavy atom. The van der Waals surface area contributed by atoms with E-state index in [9.17, 15) is 4.79 Å². The Kier molecular flexibility index (Phi) is 3.84. The smallest absolute Gasteiger partial charge is 0.307 e. The van der Waals surface area contributed by atoms with Crippen LogP contribution in [0.2, 0.25) is 0 Å². The second kappa shape index (κ2) is 4.30. The van der Waals surface area contributed by atoms with Crippen LogP contribution in [0.1, 0.15) is 13.3 Å². The number of ether oxygens (including phenoxy) is 1. The molecule has 0 atom stereocenters. The summed E-state index contributed by atoms with van der Waals surface area (Å²) in [7, 11) is 0. The van der Waals surface area contributed by atoms with Crippen LogP contribution in [-0.4, -0.2) is 19.4 Å². The molecule has 46 valence electrons. The Balaban J connectivity index is 3.11. The normalized spacial score (nSPS) is 8.12. The maximum absolute atomic E-state index is 10.3. The van der Waals surface area contributed by atoms with Crippen molar-refractivity contribution in [2.24, 2.45) is 4.99 Å². The highest BCUT2D eigenvalue weighted by Gasteiger charge is 1.92. The quantitative estimate of drug-likeness (QED) is 0.399. The number of hydrogen-bond acceptors (Lipinski definition) is 3. The first-order valence-corrected chi connectivity index (χ1v) is 2.39. The van der Waals surface area contributed by atoms with Gasteiger partial charge in [0.15, 0.2) is 6.73 Å². The third kappa shape index (κ3) is 3.33. The van der Waals surface area contributed by atoms with Crippen molar-refractivity contribution in [2.75, 3.05) is 6.73 Å². The molecule has 0 heterocycles. The number of carbonyl (C=O) groups is 1. The lowest BCUT2D eigenvalue weighted by atomic mass is 10.5. The van der Waals surface area contributed by atoms with Crippen LogP contribution in [-0.2, 0) is 9.53 Å². The molecular formula is C5H9NO2. The predicted octanol–water partition coefficient (Wildman–Crippen LogP) is 0.598. The summed E-state index contributed by atoms with van der Waals surface area (Å²) in [6.07, 6.45) is 0.398. The zero-order chi connectivity index (χ0) is 6.41. The molecule has 0 saturated carbocycles. The molecule has 0 radical (unpaired) electrons. The molecule has 3 heteroatoms. The molecule has 0 aromatic rings. The second-order valence-corrected chi connectivity index (χ2v) is 1.22. The first-order valence-electron chi connectivity index (χ1n) is 2.39. The summed E-state index contributed by atoms with van der Waals surface area (Å²) in [5, 5.41) is 0. The molecule has 0 aliphatic rings. The van der Waals surface area contributed by atoms with Gasteiger partial charge in [-0.1, -0.05) is 6.92 Å². The van der Waals surface area contributed by atoms with Crippen molar-refractivity contribution in [3.8, 4) is 0 Å². The van der Waals surface area contributed by atoms with Crippen LogP contribution in [0.4, 0.5) is 0 Å². The number of hydrogen-bond donors (Lipinski definition) is 0. The van der Waals surface area contributed by atoms with Gasteiger partial charge in [-0.2, -0.15) is 0 Å². The third-order valence-corrected chi connectivity index (χ3v) is 0.605. The fraction of sp³-hybridized carbons (Fsp3) is 0.600. The Morgan fingerprint density at radius 1 is 1.88 bits per heavy atom. The number of carbonyl (C=O) groups excluding carboxylic acids is 1. The van der Waals surface area contributed by atoms with Crippen LogP contribution in [0, 0.1) is 0 Å². The first-order chi connectivity index (χ1) is 3.81. The average Bonchev–Trinajstić information content (AvgIpc) is 1.83. The molecule has 0 saturated heterocycles. The number of esters is 1. The highest BCUT2D eigenvalue weighted by molar-refractivity contribution is 5.68. The minimum atomic E-state index is -0.239. The van der Waals surface area contributed by atoms with E-state index in [1.807, 2.05) is 0 Å². The van der Waals surface area contributed by atoms with E-state index in [0.717, 1.165) is 0 Å². The van der Waals surface area contributed by atoms with Gasteiger partial charge in [0.05, 0.1) is 0 Å². The predicted molar refractivity (Wildman–Crippen MR) is 30.8 cm³/mol. The number of aliphatic imine (C=N–C) groups is 1. The topological polar surface area (TPSA) is 38.7 Å². The van der Waals surface area contributed by atoms with Crippen molar-refractivity contribution in [1.82, 2.24) is 0 Å². The zero-order valence-electron chi connectivity index (χ0n) is 4.89. The molecule has 0 fully saturated rings. The van der Waals surface area contributed by atoms with Crippen LogP contribution in [0.3, 0.4) is 0 Å². The van der Waals surface area contributed by atoms with E-state index in [1.54, 1.807) is 6.92 Å². The fourth-order valence-corrected chi connectivity index (χ4v) is 0.220. The molecule has 0 aliphatic carbocycles. The van der Waals surface area contributed by atoms with Gasteiger partial charge in [0.1, 0.15) is 0 Å². The molecule has 0 bridgehead atoms. The van der Waals surface area contributed by atoms with E-state index >= 15 is 0 Å². The lowest BCUT2D eigenvalue weighted by Crippen LogP contribution is -2.01. The minimum Gasteiger partial charge on any atom is -0.442 e. The van der Waals surface area contributed by atoms with Crippen molar-refractivity contribution < 1.29 is 9.53 Å². The maximum Gasteiger partial charge on any atom is 0.307 e. The maximum atomic E-state index is 10.3. The average molecular weight is 115 g/mol. The van der Waals surface area contributed by atoms with Crippen molar-refractivity contribution in [1.29, 1.82) is 0 Å². The van der Waals surface area contributed by atoms with Gasteiger partial charge in [0.25, 0.3) is 0 Å². The molecule has 8 heavy (non-hydrogen) atoms. The van der Waals surface area contributed by atoms with E-state index in [1.165, 1.54) is 0 Å². The summed E-state index contributed by atoms with van der Waals surface area (Å²) in [5.74, 6) is -0.239. The Labute approximate surface area is 48.4 Å². The van der Waals surface area contributed by atoms with E-state index in [0.29, 0.717) is 6.42 Å². The summed E-state index contributed by atoms with van der Waals surface area (Å²) in [4.78, 5) is 13.6. The third-order valence-electron chi connectivity index (χ3n) is 0.605. The van der Waals surface area contributed by atoms with Gasteiger partial charge in [-0.3, -0.25) is 9.79 Å². The molecule has 0 N–H and O–H groups in total. The molecule has 0 aliphatic heterocycles. The van der Waals surface area contributed by atoms with Crippen molar-refractivity contribution in [2.45, 2.75) is 13.3 Å². The van der Waals surface area contributed by atoms with Crippen molar-refractivity contribution >= 4 is 12.7 Å². The van der Waals surface area contributed by atoms with Crippen LogP contribution < -0.4 is 0 Å². The molecule has 0 aromatic carbocycles. The van der Waals surface area contributed by atoms with Gasteiger partial charge in [0, 0.05) is 6.42 Å². The van der Waals surface area contributed by atoms with Crippen LogP contribution >= 0.6 is 0 Å². The lowest BCUT2D eigenvalue weighted by molar-refractivity contribution is -0.142. The highest BCUT2D eigenvalue weighted by Crippen LogP contribution is 1.82. The summed E-state index contributed by atoms with van der Waals surface area (Å²) in [5.41, 5.74) is 0. The van der Waals surface area contributed by atoms with E-state index in [2.05, 4.69) is 16.4 Å². The Bertz CT molecular complexity index is 90.4. The van der Waals surface area contributed by atoms with Crippen LogP contribution in [0.25, 0.3) is 0 Å². The standard InChI is InChI=1S/C5H9NO2/c1-3-5(7)8-4-6-2/h2-4H2,1H3. The van der Waals surface area contributed by atoms with E-state index < -0.39 is 0 Å². The summed E-state index contributed by atoms with van der Waals surface area (Å²) in [6, 6.07) is 0. The van der Waals surface area contributed by atoms with Gasteiger partial charge in [-0.25, -0.2) is 0 Å². The van der Waals surface area contributed by atoms with E-state index in [4.69, 9.17) is 0 Å². The van der Waals surface area contributed by atoms with Gasteiger partial charge in [-0.15, -0.1) is 0 Å².